The molecular weight excluding hydrogens is 532 g/mol. The molecule has 0 atom stereocenters. The maximum absolute atomic E-state index is 14.7. The van der Waals surface area contributed by atoms with Crippen LogP contribution < -0.4 is 26.0 Å². The van der Waals surface area contributed by atoms with Gasteiger partial charge < -0.3 is 31.1 Å². The fraction of sp³-hybridized carbons (Fsp3) is 0.154. The highest BCUT2D eigenvalue weighted by molar-refractivity contribution is 7.21. The number of hydrogen-bond acceptors (Lipinski definition) is 7. The van der Waals surface area contributed by atoms with Gasteiger partial charge in [0.15, 0.2) is 0 Å². The molecular formula is C26H23F2N5O5S. The third kappa shape index (κ3) is 7.24. The Labute approximate surface area is 225 Å². The number of carboxylic acids is 1. The number of hydrogen-bond donors (Lipinski definition) is 5. The van der Waals surface area contributed by atoms with Crippen molar-refractivity contribution < 1.29 is 33.0 Å². The Morgan fingerprint density at radius 2 is 1.77 bits per heavy atom. The summed E-state index contributed by atoms with van der Waals surface area (Å²) < 4.78 is 35.0. The molecule has 13 heteroatoms. The summed E-state index contributed by atoms with van der Waals surface area (Å²) in [5.41, 5.74) is 1.08. The van der Waals surface area contributed by atoms with E-state index in [-0.39, 0.29) is 42.7 Å². The van der Waals surface area contributed by atoms with E-state index in [4.69, 9.17) is 9.84 Å². The average molecular weight is 556 g/mol. The van der Waals surface area contributed by atoms with Gasteiger partial charge in [0.25, 0.3) is 5.91 Å². The van der Waals surface area contributed by atoms with E-state index in [2.05, 4.69) is 26.3 Å². The van der Waals surface area contributed by atoms with Crippen molar-refractivity contribution in [1.29, 1.82) is 0 Å². The second-order valence-electron chi connectivity index (χ2n) is 8.27. The summed E-state index contributed by atoms with van der Waals surface area (Å²) in [5.74, 6) is -2.26. The summed E-state index contributed by atoms with van der Waals surface area (Å²) in [6, 6.07) is 10.4. The number of urea groups is 1. The lowest BCUT2D eigenvalue weighted by atomic mass is 10.2. The number of nitrogens with zero attached hydrogens (tertiary/aromatic N) is 1. The smallest absolute Gasteiger partial charge is 0.323 e. The molecule has 2 aromatic heterocycles. The zero-order valence-corrected chi connectivity index (χ0v) is 21.3. The largest absolute Gasteiger partial charge is 0.480 e. The van der Waals surface area contributed by atoms with Crippen molar-refractivity contribution in [2.45, 2.75) is 6.92 Å². The number of aryl methyl sites for hydroxylation is 1. The number of aliphatic carboxylic acids is 1. The highest BCUT2D eigenvalue weighted by Crippen LogP contribution is 2.35. The van der Waals surface area contributed by atoms with Crippen molar-refractivity contribution in [3.63, 3.8) is 0 Å². The van der Waals surface area contributed by atoms with Crippen LogP contribution in [-0.2, 0) is 4.79 Å². The fourth-order valence-corrected chi connectivity index (χ4v) is 4.43. The Bertz CT molecular complexity index is 1540. The van der Waals surface area contributed by atoms with Crippen molar-refractivity contribution in [3.8, 4) is 11.5 Å². The molecule has 4 rings (SSSR count). The molecule has 2 heterocycles. The number of halogens is 2. The number of carbonyl (C=O) groups is 3. The van der Waals surface area contributed by atoms with Crippen LogP contribution in [0.5, 0.6) is 11.5 Å². The van der Waals surface area contributed by atoms with E-state index in [1.165, 1.54) is 30.5 Å². The van der Waals surface area contributed by atoms with Crippen molar-refractivity contribution in [3.05, 3.63) is 76.8 Å². The van der Waals surface area contributed by atoms with Gasteiger partial charge in [-0.25, -0.2) is 13.6 Å². The number of pyridine rings is 1. The van der Waals surface area contributed by atoms with Gasteiger partial charge >= 0.3 is 12.0 Å². The molecule has 0 spiro atoms. The molecule has 5 N–H and O–H groups in total. The first-order valence-electron chi connectivity index (χ1n) is 11.6. The third-order valence-electron chi connectivity index (χ3n) is 5.25. The van der Waals surface area contributed by atoms with E-state index in [1.807, 2.05) is 0 Å². The lowest BCUT2D eigenvalue weighted by Gasteiger charge is -2.11. The predicted octanol–water partition coefficient (Wildman–Crippen LogP) is 4.72. The van der Waals surface area contributed by atoms with Gasteiger partial charge in [-0.3, -0.25) is 14.6 Å². The second-order valence-corrected chi connectivity index (χ2v) is 9.32. The van der Waals surface area contributed by atoms with Crippen LogP contribution in [0.4, 0.5) is 25.0 Å². The number of anilines is 2. The number of nitrogens with one attached hydrogen (secondary N) is 4. The molecule has 0 saturated carbocycles. The predicted molar refractivity (Wildman–Crippen MR) is 143 cm³/mol. The number of benzene rings is 2. The molecule has 0 saturated heterocycles. The van der Waals surface area contributed by atoms with Gasteiger partial charge in [0, 0.05) is 31.4 Å². The summed E-state index contributed by atoms with van der Waals surface area (Å²) in [7, 11) is 0. The molecule has 2 aromatic carbocycles. The molecule has 39 heavy (non-hydrogen) atoms. The first-order chi connectivity index (χ1) is 18.7. The van der Waals surface area contributed by atoms with Gasteiger partial charge in [0.2, 0.25) is 0 Å². The van der Waals surface area contributed by atoms with E-state index in [9.17, 15) is 23.2 Å². The van der Waals surface area contributed by atoms with Crippen LogP contribution in [0.15, 0.2) is 54.7 Å². The normalized spacial score (nSPS) is 10.7. The van der Waals surface area contributed by atoms with E-state index in [1.54, 1.807) is 25.1 Å². The standard InChI is InChI=1S/C26H23F2N5O5S/c1-14-2-4-16(27)19(10-14)33-26(37)32-18-5-3-15(11-17(18)28)38-21-6-7-30-20-12-22(39-24(20)21)25(36)31-9-8-29-13-23(34)35/h2-7,10-12,29H,8-9,13H2,1H3,(H,31,36)(H,34,35)(H2,32,33,37). The molecule has 0 aliphatic heterocycles. The van der Waals surface area contributed by atoms with Gasteiger partial charge in [-0.2, -0.15) is 0 Å². The molecule has 0 bridgehead atoms. The molecule has 0 unspecified atom stereocenters. The molecule has 0 radical (unpaired) electrons. The van der Waals surface area contributed by atoms with Gasteiger partial charge in [-0.15, -0.1) is 11.3 Å². The zero-order chi connectivity index (χ0) is 27.9. The van der Waals surface area contributed by atoms with Crippen LogP contribution in [-0.4, -0.2) is 47.6 Å². The number of fused-ring (bicyclic) bond motifs is 1. The van der Waals surface area contributed by atoms with E-state index in [0.717, 1.165) is 23.0 Å². The summed E-state index contributed by atoms with van der Waals surface area (Å²) in [4.78, 5) is 39.9. The third-order valence-corrected chi connectivity index (χ3v) is 6.39. The van der Waals surface area contributed by atoms with Crippen LogP contribution >= 0.6 is 11.3 Å². The lowest BCUT2D eigenvalue weighted by molar-refractivity contribution is -0.135. The maximum atomic E-state index is 14.7. The van der Waals surface area contributed by atoms with Crippen molar-refractivity contribution in [1.82, 2.24) is 15.6 Å². The Balaban J connectivity index is 1.40. The summed E-state index contributed by atoms with van der Waals surface area (Å²) in [6.07, 6.45) is 1.49. The van der Waals surface area contributed by atoms with Crippen LogP contribution in [0, 0.1) is 18.6 Å². The molecule has 202 valence electrons. The molecule has 10 nitrogen and oxygen atoms in total. The molecule has 0 fully saturated rings. The first kappa shape index (κ1) is 27.4. The topological polar surface area (TPSA) is 142 Å². The number of thiophene rings is 1. The molecule has 3 amide bonds. The second kappa shape index (κ2) is 12.3. The summed E-state index contributed by atoms with van der Waals surface area (Å²) >= 11 is 1.13. The van der Waals surface area contributed by atoms with Crippen molar-refractivity contribution in [2.75, 3.05) is 30.3 Å². The van der Waals surface area contributed by atoms with Crippen molar-refractivity contribution in [2.24, 2.45) is 0 Å². The van der Waals surface area contributed by atoms with Gasteiger partial charge in [0.05, 0.1) is 33.0 Å². The zero-order valence-electron chi connectivity index (χ0n) is 20.5. The van der Waals surface area contributed by atoms with Crippen LogP contribution in [0.3, 0.4) is 0 Å². The molecule has 0 aliphatic carbocycles. The number of ether oxygens (including phenoxy) is 1. The van der Waals surface area contributed by atoms with Crippen LogP contribution in [0.2, 0.25) is 0 Å². The lowest BCUT2D eigenvalue weighted by Crippen LogP contribution is -2.33. The highest BCUT2D eigenvalue weighted by Gasteiger charge is 2.16. The minimum Gasteiger partial charge on any atom is -0.480 e. The first-order valence-corrected chi connectivity index (χ1v) is 12.4. The van der Waals surface area contributed by atoms with Crippen LogP contribution in [0.1, 0.15) is 15.2 Å². The molecule has 0 aliphatic rings. The Kier molecular flexibility index (Phi) is 8.63. The monoisotopic (exact) mass is 555 g/mol. The van der Waals surface area contributed by atoms with Gasteiger partial charge in [0.1, 0.15) is 23.1 Å². The van der Waals surface area contributed by atoms with E-state index >= 15 is 0 Å². The maximum Gasteiger partial charge on any atom is 0.323 e. The number of carbonyl (C=O) groups excluding carboxylic acids is 2. The summed E-state index contributed by atoms with van der Waals surface area (Å²) in [6.45, 7) is 2.06. The Morgan fingerprint density at radius 3 is 2.54 bits per heavy atom. The minimum absolute atomic E-state index is 0.0339. The Morgan fingerprint density at radius 1 is 0.974 bits per heavy atom. The number of amides is 3. The number of aromatic nitrogens is 1. The summed E-state index contributed by atoms with van der Waals surface area (Å²) in [5, 5.41) is 18.7. The van der Waals surface area contributed by atoms with Gasteiger partial charge in [-0.05, 0) is 42.8 Å². The SMILES string of the molecule is Cc1ccc(F)c(NC(=O)Nc2ccc(Oc3ccnc4cc(C(=O)NCCNCC(=O)O)sc34)cc2F)c1. The Hall–Kier alpha value is -4.62. The minimum atomic E-state index is -0.990. The highest BCUT2D eigenvalue weighted by atomic mass is 32.1. The number of carboxylic acid groups (broad SMARTS) is 1. The fourth-order valence-electron chi connectivity index (χ4n) is 3.45. The van der Waals surface area contributed by atoms with Gasteiger partial charge in [-0.1, -0.05) is 6.07 Å². The average Bonchev–Trinajstić information content (AvgIpc) is 3.33. The molecule has 4 aromatic rings. The van der Waals surface area contributed by atoms with Crippen LogP contribution in [0.25, 0.3) is 10.2 Å². The number of rotatable bonds is 10. The van der Waals surface area contributed by atoms with E-state index < -0.39 is 23.6 Å². The van der Waals surface area contributed by atoms with Crippen molar-refractivity contribution >= 4 is 50.8 Å². The quantitative estimate of drug-likeness (QED) is 0.178. The van der Waals surface area contributed by atoms with E-state index in [0.29, 0.717) is 20.8 Å².